The summed E-state index contributed by atoms with van der Waals surface area (Å²) in [6.45, 7) is 3.93. The van der Waals surface area contributed by atoms with Crippen LogP contribution in [-0.2, 0) is 11.3 Å². The normalized spacial score (nSPS) is 10.6. The van der Waals surface area contributed by atoms with E-state index >= 15 is 0 Å². The second-order valence-electron chi connectivity index (χ2n) is 5.54. The molecule has 1 amide bonds. The minimum absolute atomic E-state index is 0.0156. The number of benzene rings is 2. The highest BCUT2D eigenvalue weighted by Gasteiger charge is 2.12. The first-order valence-corrected chi connectivity index (χ1v) is 7.80. The summed E-state index contributed by atoms with van der Waals surface area (Å²) in [6.07, 6.45) is 0. The van der Waals surface area contributed by atoms with Crippen molar-refractivity contribution in [2.24, 2.45) is 0 Å². The van der Waals surface area contributed by atoms with Gasteiger partial charge in [0.15, 0.2) is 5.82 Å². The second kappa shape index (κ2) is 6.80. The minimum atomic E-state index is -0.226. The van der Waals surface area contributed by atoms with Gasteiger partial charge < -0.3 is 5.32 Å². The number of nitrogens with zero attached hydrogens (tertiary/aromatic N) is 4. The largest absolute Gasteiger partial charge is 0.324 e. The molecule has 7 heteroatoms. The van der Waals surface area contributed by atoms with E-state index in [1.54, 1.807) is 12.1 Å². The molecule has 0 aliphatic carbocycles. The van der Waals surface area contributed by atoms with Gasteiger partial charge >= 0.3 is 0 Å². The molecule has 2 aromatic carbocycles. The molecular weight excluding hydrogens is 326 g/mol. The molecule has 0 aliphatic rings. The van der Waals surface area contributed by atoms with Gasteiger partial charge in [-0.25, -0.2) is 4.68 Å². The van der Waals surface area contributed by atoms with E-state index in [1.165, 1.54) is 4.68 Å². The number of aryl methyl sites for hydroxylation is 2. The zero-order valence-electron chi connectivity index (χ0n) is 13.3. The van der Waals surface area contributed by atoms with Gasteiger partial charge in [0.1, 0.15) is 6.54 Å². The van der Waals surface area contributed by atoms with Crippen molar-refractivity contribution in [3.8, 4) is 11.4 Å². The summed E-state index contributed by atoms with van der Waals surface area (Å²) < 4.78 is 1.47. The van der Waals surface area contributed by atoms with Gasteiger partial charge in [-0.1, -0.05) is 47.5 Å². The van der Waals surface area contributed by atoms with Crippen LogP contribution < -0.4 is 5.32 Å². The molecule has 0 saturated heterocycles. The average Bonchev–Trinajstić information content (AvgIpc) is 2.99. The highest BCUT2D eigenvalue weighted by atomic mass is 35.5. The summed E-state index contributed by atoms with van der Waals surface area (Å²) in [5.41, 5.74) is 3.60. The Balaban J connectivity index is 1.74. The third kappa shape index (κ3) is 3.60. The van der Waals surface area contributed by atoms with Gasteiger partial charge in [0.25, 0.3) is 0 Å². The number of carbonyl (C=O) groups is 1. The predicted molar refractivity (Wildman–Crippen MR) is 92.8 cm³/mol. The van der Waals surface area contributed by atoms with E-state index < -0.39 is 0 Å². The molecule has 0 unspecified atom stereocenters. The third-order valence-corrected chi connectivity index (χ3v) is 4.00. The van der Waals surface area contributed by atoms with E-state index in [0.29, 0.717) is 16.5 Å². The molecule has 0 aliphatic heterocycles. The average molecular weight is 342 g/mol. The lowest BCUT2D eigenvalue weighted by Crippen LogP contribution is -2.20. The molecule has 3 aromatic rings. The van der Waals surface area contributed by atoms with Crippen molar-refractivity contribution in [2.75, 3.05) is 5.32 Å². The van der Waals surface area contributed by atoms with Gasteiger partial charge in [0.05, 0.1) is 0 Å². The summed E-state index contributed by atoms with van der Waals surface area (Å²) in [4.78, 5) is 12.2. The van der Waals surface area contributed by atoms with Gasteiger partial charge in [0, 0.05) is 16.3 Å². The predicted octanol–water partition coefficient (Wildman–Crippen LogP) is 3.25. The lowest BCUT2D eigenvalue weighted by Gasteiger charge is -2.08. The Morgan fingerprint density at radius 1 is 1.17 bits per heavy atom. The summed E-state index contributed by atoms with van der Waals surface area (Å²) in [5.74, 6) is 0.322. The van der Waals surface area contributed by atoms with Crippen LogP contribution in [0.5, 0.6) is 0 Å². The minimum Gasteiger partial charge on any atom is -0.324 e. The Morgan fingerprint density at radius 2 is 1.92 bits per heavy atom. The molecule has 0 radical (unpaired) electrons. The molecule has 1 heterocycles. The number of amides is 1. The number of hydrogen-bond donors (Lipinski definition) is 1. The molecule has 6 nitrogen and oxygen atoms in total. The highest BCUT2D eigenvalue weighted by Crippen LogP contribution is 2.20. The van der Waals surface area contributed by atoms with Crippen molar-refractivity contribution in [3.63, 3.8) is 0 Å². The van der Waals surface area contributed by atoms with Gasteiger partial charge in [-0.3, -0.25) is 4.79 Å². The van der Waals surface area contributed by atoms with Crippen molar-refractivity contribution in [2.45, 2.75) is 20.4 Å². The third-order valence-electron chi connectivity index (χ3n) is 3.59. The smallest absolute Gasteiger partial charge is 0.246 e. The summed E-state index contributed by atoms with van der Waals surface area (Å²) in [6, 6.07) is 13.2. The summed E-state index contributed by atoms with van der Waals surface area (Å²) in [7, 11) is 0. The molecule has 1 aromatic heterocycles. The lowest BCUT2D eigenvalue weighted by atomic mass is 10.1. The Hall–Kier alpha value is -2.73. The standard InChI is InChI=1S/C17H16ClN5O/c1-11-3-6-13(7-4-11)17-20-21-22-23(17)10-16(24)19-14-8-5-12(2)15(18)9-14/h3-9H,10H2,1-2H3,(H,19,24). The fourth-order valence-corrected chi connectivity index (χ4v) is 2.41. The van der Waals surface area contributed by atoms with Crippen LogP contribution in [-0.4, -0.2) is 26.1 Å². The second-order valence-corrected chi connectivity index (χ2v) is 5.95. The highest BCUT2D eigenvalue weighted by molar-refractivity contribution is 6.31. The first-order chi connectivity index (χ1) is 11.5. The number of rotatable bonds is 4. The number of tetrazole rings is 1. The van der Waals surface area contributed by atoms with Gasteiger partial charge in [0.2, 0.25) is 5.91 Å². The van der Waals surface area contributed by atoms with Gasteiger partial charge in [-0.15, -0.1) is 5.10 Å². The van der Waals surface area contributed by atoms with Crippen LogP contribution in [0.1, 0.15) is 11.1 Å². The van der Waals surface area contributed by atoms with E-state index in [0.717, 1.165) is 16.7 Å². The number of aromatic nitrogens is 4. The first-order valence-electron chi connectivity index (χ1n) is 7.42. The Morgan fingerprint density at radius 3 is 2.62 bits per heavy atom. The maximum absolute atomic E-state index is 12.2. The molecule has 122 valence electrons. The van der Waals surface area contributed by atoms with Crippen LogP contribution in [0.2, 0.25) is 5.02 Å². The number of halogens is 1. The van der Waals surface area contributed by atoms with Crippen molar-refractivity contribution < 1.29 is 4.79 Å². The number of carbonyl (C=O) groups excluding carboxylic acids is 1. The molecule has 0 spiro atoms. The van der Waals surface area contributed by atoms with E-state index in [-0.39, 0.29) is 12.5 Å². The van der Waals surface area contributed by atoms with Crippen LogP contribution in [0, 0.1) is 13.8 Å². The molecule has 0 saturated carbocycles. The first kappa shape index (κ1) is 16.1. The molecule has 0 bridgehead atoms. The quantitative estimate of drug-likeness (QED) is 0.790. The van der Waals surface area contributed by atoms with E-state index in [9.17, 15) is 4.79 Å². The molecular formula is C17H16ClN5O. The van der Waals surface area contributed by atoms with Crippen LogP contribution in [0.25, 0.3) is 11.4 Å². The molecule has 0 atom stereocenters. The maximum atomic E-state index is 12.2. The summed E-state index contributed by atoms with van der Waals surface area (Å²) in [5, 5.41) is 15.0. The monoisotopic (exact) mass is 341 g/mol. The number of anilines is 1. The van der Waals surface area contributed by atoms with Crippen molar-refractivity contribution in [1.82, 2.24) is 20.2 Å². The zero-order chi connectivity index (χ0) is 17.1. The van der Waals surface area contributed by atoms with Crippen LogP contribution in [0.15, 0.2) is 42.5 Å². The Kier molecular flexibility index (Phi) is 4.57. The Labute approximate surface area is 144 Å². The summed E-state index contributed by atoms with van der Waals surface area (Å²) >= 11 is 6.07. The Bertz CT molecular complexity index is 873. The van der Waals surface area contributed by atoms with Crippen LogP contribution in [0.4, 0.5) is 5.69 Å². The van der Waals surface area contributed by atoms with Gasteiger partial charge in [-0.2, -0.15) is 0 Å². The van der Waals surface area contributed by atoms with Crippen molar-refractivity contribution >= 4 is 23.2 Å². The number of hydrogen-bond acceptors (Lipinski definition) is 4. The maximum Gasteiger partial charge on any atom is 0.246 e. The molecule has 0 fully saturated rings. The fourth-order valence-electron chi connectivity index (χ4n) is 2.23. The van der Waals surface area contributed by atoms with Crippen molar-refractivity contribution in [1.29, 1.82) is 0 Å². The van der Waals surface area contributed by atoms with Crippen LogP contribution >= 0.6 is 11.6 Å². The van der Waals surface area contributed by atoms with Crippen LogP contribution in [0.3, 0.4) is 0 Å². The van der Waals surface area contributed by atoms with E-state index in [2.05, 4.69) is 20.8 Å². The topological polar surface area (TPSA) is 72.7 Å². The van der Waals surface area contributed by atoms with Crippen molar-refractivity contribution in [3.05, 3.63) is 58.6 Å². The zero-order valence-corrected chi connectivity index (χ0v) is 14.1. The lowest BCUT2D eigenvalue weighted by molar-refractivity contribution is -0.116. The molecule has 24 heavy (non-hydrogen) atoms. The van der Waals surface area contributed by atoms with Gasteiger partial charge in [-0.05, 0) is 42.0 Å². The number of nitrogens with one attached hydrogen (secondary N) is 1. The molecule has 1 N–H and O–H groups in total. The SMILES string of the molecule is Cc1ccc(-c2nnnn2CC(=O)Nc2ccc(C)c(Cl)c2)cc1. The molecule has 3 rings (SSSR count). The van der Waals surface area contributed by atoms with E-state index in [4.69, 9.17) is 11.6 Å². The van der Waals surface area contributed by atoms with E-state index in [1.807, 2.05) is 44.2 Å². The fraction of sp³-hybridized carbons (Fsp3) is 0.176.